The predicted octanol–water partition coefficient (Wildman–Crippen LogP) is 3.43. The molecule has 2 aromatic rings. The highest BCUT2D eigenvalue weighted by atomic mass is 79.9. The highest BCUT2D eigenvalue weighted by Gasteiger charge is 2.20. The minimum atomic E-state index is -0.155. The van der Waals surface area contributed by atoms with Crippen molar-refractivity contribution in [3.8, 4) is 0 Å². The van der Waals surface area contributed by atoms with Gasteiger partial charge in [-0.2, -0.15) is 0 Å². The van der Waals surface area contributed by atoms with E-state index in [1.807, 2.05) is 6.92 Å². The maximum Gasteiger partial charge on any atom is 0.232 e. The lowest BCUT2D eigenvalue weighted by Crippen LogP contribution is -2.01. The third-order valence-electron chi connectivity index (χ3n) is 2.13. The lowest BCUT2D eigenvalue weighted by Gasteiger charge is -1.97. The van der Waals surface area contributed by atoms with Gasteiger partial charge in [-0.05, 0) is 28.1 Å². The molecular formula is C11H9BrO3. The Bertz CT molecular complexity index is 481. The average molecular weight is 269 g/mol. The molecule has 0 atom stereocenters. The fraction of sp³-hybridized carbons (Fsp3) is 0.182. The zero-order valence-corrected chi connectivity index (χ0v) is 9.71. The molecule has 0 radical (unpaired) electrons. The molecule has 3 nitrogen and oxygen atoms in total. The highest BCUT2D eigenvalue weighted by molar-refractivity contribution is 9.10. The maximum absolute atomic E-state index is 12.0. The highest BCUT2D eigenvalue weighted by Crippen LogP contribution is 2.23. The molecule has 2 rings (SSSR count). The molecule has 2 aromatic heterocycles. The van der Waals surface area contributed by atoms with Crippen LogP contribution in [0.25, 0.3) is 0 Å². The minimum Gasteiger partial charge on any atom is -0.469 e. The zero-order chi connectivity index (χ0) is 10.8. The van der Waals surface area contributed by atoms with Crippen LogP contribution in [-0.2, 0) is 6.42 Å². The molecule has 0 aliphatic heterocycles. The maximum atomic E-state index is 12.0. The van der Waals surface area contributed by atoms with Crippen LogP contribution in [0.1, 0.15) is 28.8 Å². The number of hydrogen-bond donors (Lipinski definition) is 0. The van der Waals surface area contributed by atoms with Crippen LogP contribution in [0.3, 0.4) is 0 Å². The second kappa shape index (κ2) is 4.06. The largest absolute Gasteiger partial charge is 0.469 e. The average Bonchev–Trinajstić information content (AvgIpc) is 2.84. The van der Waals surface area contributed by atoms with Crippen molar-refractivity contribution in [3.63, 3.8) is 0 Å². The fourth-order valence-electron chi connectivity index (χ4n) is 1.39. The molecule has 0 saturated carbocycles. The molecule has 0 saturated heterocycles. The van der Waals surface area contributed by atoms with E-state index in [9.17, 15) is 4.79 Å². The van der Waals surface area contributed by atoms with Crippen LogP contribution >= 0.6 is 15.9 Å². The molecule has 15 heavy (non-hydrogen) atoms. The number of furan rings is 2. The summed E-state index contributed by atoms with van der Waals surface area (Å²) in [6, 6.07) is 3.36. The molecule has 78 valence electrons. The molecular weight excluding hydrogens is 260 g/mol. The van der Waals surface area contributed by atoms with Crippen molar-refractivity contribution >= 4 is 21.7 Å². The van der Waals surface area contributed by atoms with Crippen molar-refractivity contribution in [1.29, 1.82) is 0 Å². The monoisotopic (exact) mass is 268 g/mol. The lowest BCUT2D eigenvalue weighted by atomic mass is 10.1. The summed E-state index contributed by atoms with van der Waals surface area (Å²) in [5, 5.41) is 0. The van der Waals surface area contributed by atoms with Crippen LogP contribution in [0, 0.1) is 0 Å². The van der Waals surface area contributed by atoms with Crippen molar-refractivity contribution < 1.29 is 13.6 Å². The summed E-state index contributed by atoms with van der Waals surface area (Å²) < 4.78 is 11.0. The summed E-state index contributed by atoms with van der Waals surface area (Å²) in [4.78, 5) is 12.0. The summed E-state index contributed by atoms with van der Waals surface area (Å²) >= 11 is 3.25. The second-order valence-electron chi connectivity index (χ2n) is 3.04. The Labute approximate surface area is 95.2 Å². The number of aryl methyl sites for hydroxylation is 1. The van der Waals surface area contributed by atoms with E-state index in [1.165, 1.54) is 12.5 Å². The summed E-state index contributed by atoms with van der Waals surface area (Å²) in [6.07, 6.45) is 3.68. The van der Waals surface area contributed by atoms with Crippen molar-refractivity contribution in [1.82, 2.24) is 0 Å². The van der Waals surface area contributed by atoms with Gasteiger partial charge in [0.15, 0.2) is 5.76 Å². The van der Waals surface area contributed by atoms with E-state index < -0.39 is 0 Å². The van der Waals surface area contributed by atoms with E-state index in [0.717, 1.165) is 0 Å². The van der Waals surface area contributed by atoms with Crippen molar-refractivity contribution in [2.45, 2.75) is 13.3 Å². The molecule has 4 heteroatoms. The molecule has 0 bridgehead atoms. The first-order valence-electron chi connectivity index (χ1n) is 4.58. The molecule has 0 aliphatic carbocycles. The Balaban J connectivity index is 2.41. The van der Waals surface area contributed by atoms with Crippen LogP contribution in [0.4, 0.5) is 0 Å². The Morgan fingerprint density at radius 1 is 1.33 bits per heavy atom. The molecule has 0 spiro atoms. The molecule has 0 unspecified atom stereocenters. The predicted molar refractivity (Wildman–Crippen MR) is 57.9 cm³/mol. The SMILES string of the molecule is CCc1occc1C(=O)c1occc1Br. The van der Waals surface area contributed by atoms with Crippen molar-refractivity contribution in [2.75, 3.05) is 0 Å². The van der Waals surface area contributed by atoms with E-state index in [0.29, 0.717) is 28.0 Å². The van der Waals surface area contributed by atoms with Gasteiger partial charge >= 0.3 is 0 Å². The summed E-state index contributed by atoms with van der Waals surface area (Å²) in [6.45, 7) is 1.94. The van der Waals surface area contributed by atoms with Gasteiger partial charge < -0.3 is 8.83 Å². The number of ketones is 1. The first-order valence-corrected chi connectivity index (χ1v) is 5.37. The van der Waals surface area contributed by atoms with Crippen molar-refractivity contribution in [2.24, 2.45) is 0 Å². The van der Waals surface area contributed by atoms with Gasteiger partial charge in [0.1, 0.15) is 5.76 Å². The number of carbonyl (C=O) groups is 1. The standard InChI is InChI=1S/C11H9BrO3/c1-2-9-7(3-5-14-9)10(13)11-8(12)4-6-15-11/h3-6H,2H2,1H3. The van der Waals surface area contributed by atoms with Gasteiger partial charge in [-0.15, -0.1) is 0 Å². The second-order valence-corrected chi connectivity index (χ2v) is 3.89. The molecule has 0 amide bonds. The van der Waals surface area contributed by atoms with Gasteiger partial charge in [0.05, 0.1) is 22.6 Å². The minimum absolute atomic E-state index is 0.155. The van der Waals surface area contributed by atoms with E-state index >= 15 is 0 Å². The van der Waals surface area contributed by atoms with Gasteiger partial charge in [0.2, 0.25) is 5.78 Å². The van der Waals surface area contributed by atoms with E-state index in [-0.39, 0.29) is 5.78 Å². The van der Waals surface area contributed by atoms with Crippen LogP contribution in [0.5, 0.6) is 0 Å². The van der Waals surface area contributed by atoms with Crippen LogP contribution < -0.4 is 0 Å². The van der Waals surface area contributed by atoms with E-state index in [2.05, 4.69) is 15.9 Å². The van der Waals surface area contributed by atoms with Gasteiger partial charge in [0, 0.05) is 6.42 Å². The van der Waals surface area contributed by atoms with Gasteiger partial charge in [-0.3, -0.25) is 4.79 Å². The molecule has 0 aliphatic rings. The van der Waals surface area contributed by atoms with Gasteiger partial charge in [-0.1, -0.05) is 6.92 Å². The fourth-order valence-corrected chi connectivity index (χ4v) is 1.78. The number of carbonyl (C=O) groups excluding carboxylic acids is 1. The molecule has 2 heterocycles. The quantitative estimate of drug-likeness (QED) is 0.802. The summed E-state index contributed by atoms with van der Waals surface area (Å²) in [5.74, 6) is 0.840. The Kier molecular flexibility index (Phi) is 2.77. The molecule has 0 N–H and O–H groups in total. The Morgan fingerprint density at radius 3 is 2.67 bits per heavy atom. The smallest absolute Gasteiger partial charge is 0.232 e. The third kappa shape index (κ3) is 1.77. The zero-order valence-electron chi connectivity index (χ0n) is 8.12. The number of rotatable bonds is 3. The summed E-state index contributed by atoms with van der Waals surface area (Å²) in [5.41, 5.74) is 0.563. The number of hydrogen-bond acceptors (Lipinski definition) is 3. The van der Waals surface area contributed by atoms with Crippen LogP contribution in [0.15, 0.2) is 38.0 Å². The van der Waals surface area contributed by atoms with Gasteiger partial charge in [0.25, 0.3) is 0 Å². The van der Waals surface area contributed by atoms with Crippen LogP contribution in [0.2, 0.25) is 0 Å². The van der Waals surface area contributed by atoms with Crippen molar-refractivity contribution in [3.05, 3.63) is 46.2 Å². The van der Waals surface area contributed by atoms with Crippen LogP contribution in [-0.4, -0.2) is 5.78 Å². The number of halogens is 1. The van der Waals surface area contributed by atoms with E-state index in [1.54, 1.807) is 12.1 Å². The third-order valence-corrected chi connectivity index (χ3v) is 2.76. The first-order chi connectivity index (χ1) is 7.24. The van der Waals surface area contributed by atoms with E-state index in [4.69, 9.17) is 8.83 Å². The Hall–Kier alpha value is -1.29. The van der Waals surface area contributed by atoms with Gasteiger partial charge in [-0.25, -0.2) is 0 Å². The lowest BCUT2D eigenvalue weighted by molar-refractivity contribution is 0.101. The molecule has 0 aromatic carbocycles. The molecule has 0 fully saturated rings. The summed E-state index contributed by atoms with van der Waals surface area (Å²) in [7, 11) is 0. The first kappa shape index (κ1) is 10.2. The normalized spacial score (nSPS) is 10.5. The topological polar surface area (TPSA) is 43.4 Å². The Morgan fingerprint density at radius 2 is 2.07 bits per heavy atom.